The van der Waals surface area contributed by atoms with Crippen LogP contribution in [0.1, 0.15) is 11.1 Å². The largest absolute Gasteiger partial charge is 0.351 e. The smallest absolute Gasteiger partial charge is 0.316 e. The number of primary amides is 1. The molecule has 3 heteroatoms. The predicted octanol–water partition coefficient (Wildman–Crippen LogP) is 1.97. The molecule has 0 unspecified atom stereocenters. The molecule has 0 saturated carbocycles. The third-order valence-electron chi connectivity index (χ3n) is 1.77. The molecule has 1 rings (SSSR count). The first-order chi connectivity index (χ1) is 6.63. The number of amides is 2. The van der Waals surface area contributed by atoms with Gasteiger partial charge in [0, 0.05) is 5.70 Å². The van der Waals surface area contributed by atoms with Crippen LogP contribution < -0.4 is 11.1 Å². The highest BCUT2D eigenvalue weighted by Crippen LogP contribution is 2.11. The van der Waals surface area contributed by atoms with Crippen molar-refractivity contribution in [3.63, 3.8) is 0 Å². The Kier molecular flexibility index (Phi) is 3.07. The number of nitrogens with one attached hydrogen (secondary N) is 1. The van der Waals surface area contributed by atoms with Gasteiger partial charge in [0.05, 0.1) is 0 Å². The molecule has 3 N–H and O–H groups in total. The van der Waals surface area contributed by atoms with Crippen molar-refractivity contribution < 1.29 is 4.79 Å². The Balaban J connectivity index is 2.81. The van der Waals surface area contributed by atoms with Crippen molar-refractivity contribution in [1.82, 2.24) is 5.32 Å². The zero-order valence-electron chi connectivity index (χ0n) is 7.79. The lowest BCUT2D eigenvalue weighted by atomic mass is 10.1. The van der Waals surface area contributed by atoms with Crippen LogP contribution in [-0.4, -0.2) is 6.03 Å². The minimum absolute atomic E-state index is 0.494. The summed E-state index contributed by atoms with van der Waals surface area (Å²) in [5.41, 5.74) is 7.30. The zero-order valence-corrected chi connectivity index (χ0v) is 7.79. The first kappa shape index (κ1) is 10.1. The molecule has 0 aliphatic carbocycles. The summed E-state index contributed by atoms with van der Waals surface area (Å²) in [4.78, 5) is 10.5. The average Bonchev–Trinajstić information content (AvgIpc) is 2.17. The molecule has 0 aliphatic heterocycles. The van der Waals surface area contributed by atoms with E-state index in [2.05, 4.69) is 18.5 Å². The molecule has 14 heavy (non-hydrogen) atoms. The highest BCUT2D eigenvalue weighted by Gasteiger charge is 1.99. The van der Waals surface area contributed by atoms with E-state index in [1.54, 1.807) is 6.08 Å². The van der Waals surface area contributed by atoms with Gasteiger partial charge in [-0.3, -0.25) is 0 Å². The molecular formula is C11H12N2O. The van der Waals surface area contributed by atoms with Crippen molar-refractivity contribution in [2.45, 2.75) is 0 Å². The van der Waals surface area contributed by atoms with Crippen LogP contribution in [0.2, 0.25) is 0 Å². The van der Waals surface area contributed by atoms with Crippen molar-refractivity contribution in [2.75, 3.05) is 0 Å². The van der Waals surface area contributed by atoms with Gasteiger partial charge in [-0.2, -0.15) is 0 Å². The maximum absolute atomic E-state index is 10.5. The van der Waals surface area contributed by atoms with Gasteiger partial charge in [-0.25, -0.2) is 4.79 Å². The lowest BCUT2D eigenvalue weighted by Crippen LogP contribution is -2.27. The molecule has 72 valence electrons. The normalized spacial score (nSPS) is 9.14. The fourth-order valence-corrected chi connectivity index (χ4v) is 1.04. The first-order valence-corrected chi connectivity index (χ1v) is 4.11. The van der Waals surface area contributed by atoms with Crippen molar-refractivity contribution in [3.8, 4) is 0 Å². The summed E-state index contributed by atoms with van der Waals surface area (Å²) in [6.07, 6.45) is 1.74. The van der Waals surface area contributed by atoms with Crippen LogP contribution in [0, 0.1) is 0 Å². The van der Waals surface area contributed by atoms with Crippen molar-refractivity contribution >= 4 is 17.8 Å². The fourth-order valence-electron chi connectivity index (χ4n) is 1.04. The molecule has 0 fully saturated rings. The number of carbonyl (C=O) groups is 1. The SMILES string of the molecule is C=Cc1ccc(C(=C)NC(N)=O)cc1. The van der Waals surface area contributed by atoms with Gasteiger partial charge in [-0.1, -0.05) is 43.5 Å². The van der Waals surface area contributed by atoms with Crippen LogP contribution in [-0.2, 0) is 0 Å². The molecule has 0 heterocycles. The van der Waals surface area contributed by atoms with E-state index in [9.17, 15) is 4.79 Å². The predicted molar refractivity (Wildman–Crippen MR) is 58.3 cm³/mol. The first-order valence-electron chi connectivity index (χ1n) is 4.11. The third kappa shape index (κ3) is 2.48. The number of rotatable bonds is 3. The van der Waals surface area contributed by atoms with Gasteiger partial charge < -0.3 is 11.1 Å². The van der Waals surface area contributed by atoms with E-state index in [0.29, 0.717) is 5.70 Å². The quantitative estimate of drug-likeness (QED) is 0.748. The number of carbonyl (C=O) groups excluding carboxylic acids is 1. The molecule has 0 spiro atoms. The van der Waals surface area contributed by atoms with Crippen LogP contribution >= 0.6 is 0 Å². The van der Waals surface area contributed by atoms with Gasteiger partial charge in [0.15, 0.2) is 0 Å². The van der Waals surface area contributed by atoms with Gasteiger partial charge >= 0.3 is 6.03 Å². The van der Waals surface area contributed by atoms with Crippen LogP contribution in [0.15, 0.2) is 37.4 Å². The molecule has 0 atom stereocenters. The van der Waals surface area contributed by atoms with Crippen LogP contribution in [0.3, 0.4) is 0 Å². The molecule has 1 aromatic rings. The number of benzene rings is 1. The molecule has 1 aromatic carbocycles. The third-order valence-corrected chi connectivity index (χ3v) is 1.77. The number of nitrogens with two attached hydrogens (primary N) is 1. The second kappa shape index (κ2) is 4.28. The Morgan fingerprint density at radius 3 is 2.36 bits per heavy atom. The van der Waals surface area contributed by atoms with E-state index in [1.165, 1.54) is 0 Å². The summed E-state index contributed by atoms with van der Waals surface area (Å²) >= 11 is 0. The van der Waals surface area contributed by atoms with Gasteiger partial charge in [-0.05, 0) is 11.1 Å². The molecule has 2 amide bonds. The summed E-state index contributed by atoms with van der Waals surface area (Å²) in [5.74, 6) is 0. The molecule has 0 radical (unpaired) electrons. The molecule has 0 saturated heterocycles. The van der Waals surface area contributed by atoms with Crippen LogP contribution in [0.25, 0.3) is 11.8 Å². The topological polar surface area (TPSA) is 55.1 Å². The van der Waals surface area contributed by atoms with E-state index in [0.717, 1.165) is 11.1 Å². The molecule has 0 aromatic heterocycles. The summed E-state index contributed by atoms with van der Waals surface area (Å²) in [6.45, 7) is 7.32. The van der Waals surface area contributed by atoms with Crippen molar-refractivity contribution in [1.29, 1.82) is 0 Å². The van der Waals surface area contributed by atoms with Gasteiger partial charge in [0.2, 0.25) is 0 Å². The molecular weight excluding hydrogens is 176 g/mol. The van der Waals surface area contributed by atoms with Gasteiger partial charge in [-0.15, -0.1) is 0 Å². The van der Waals surface area contributed by atoms with Crippen LogP contribution in [0.5, 0.6) is 0 Å². The molecule has 3 nitrogen and oxygen atoms in total. The minimum atomic E-state index is -0.609. The monoisotopic (exact) mass is 188 g/mol. The summed E-state index contributed by atoms with van der Waals surface area (Å²) in [5, 5.41) is 2.42. The Labute approximate surface area is 82.9 Å². The van der Waals surface area contributed by atoms with E-state index < -0.39 is 6.03 Å². The highest BCUT2D eigenvalue weighted by atomic mass is 16.2. The van der Waals surface area contributed by atoms with Crippen molar-refractivity contribution in [2.24, 2.45) is 5.73 Å². The van der Waals surface area contributed by atoms with E-state index in [4.69, 9.17) is 5.73 Å². The molecule has 0 aliphatic rings. The average molecular weight is 188 g/mol. The van der Waals surface area contributed by atoms with Gasteiger partial charge in [0.25, 0.3) is 0 Å². The highest BCUT2D eigenvalue weighted by molar-refractivity contribution is 5.83. The summed E-state index contributed by atoms with van der Waals surface area (Å²) in [6, 6.07) is 6.85. The maximum Gasteiger partial charge on any atom is 0.316 e. The number of urea groups is 1. The summed E-state index contributed by atoms with van der Waals surface area (Å²) < 4.78 is 0. The van der Waals surface area contributed by atoms with Crippen LogP contribution in [0.4, 0.5) is 4.79 Å². The van der Waals surface area contributed by atoms with Gasteiger partial charge in [0.1, 0.15) is 0 Å². The Morgan fingerprint density at radius 1 is 1.36 bits per heavy atom. The zero-order chi connectivity index (χ0) is 10.6. The van der Waals surface area contributed by atoms with E-state index >= 15 is 0 Å². The fraction of sp³-hybridized carbons (Fsp3) is 0. The standard InChI is InChI=1S/C11H12N2O/c1-3-9-4-6-10(7-5-9)8(2)13-11(12)14/h3-7H,1-2H2,(H3,12,13,14). The Morgan fingerprint density at radius 2 is 1.93 bits per heavy atom. The molecule has 0 bridgehead atoms. The van der Waals surface area contributed by atoms with E-state index in [-0.39, 0.29) is 0 Å². The van der Waals surface area contributed by atoms with E-state index in [1.807, 2.05) is 24.3 Å². The maximum atomic E-state index is 10.5. The summed E-state index contributed by atoms with van der Waals surface area (Å²) in [7, 11) is 0. The number of hydrogen-bond acceptors (Lipinski definition) is 1. The lowest BCUT2D eigenvalue weighted by molar-refractivity contribution is 0.252. The Bertz CT molecular complexity index is 365. The minimum Gasteiger partial charge on any atom is -0.351 e. The second-order valence-electron chi connectivity index (χ2n) is 2.79. The second-order valence-corrected chi connectivity index (χ2v) is 2.79. The Hall–Kier alpha value is -2.03. The van der Waals surface area contributed by atoms with Crippen molar-refractivity contribution in [3.05, 3.63) is 48.6 Å². The number of hydrogen-bond donors (Lipinski definition) is 2. The lowest BCUT2D eigenvalue weighted by Gasteiger charge is -2.05.